The minimum Gasteiger partial charge on any atom is -0.497 e. The number of allylic oxidation sites excluding steroid dienone is 1. The van der Waals surface area contributed by atoms with Crippen molar-refractivity contribution in [2.45, 2.75) is 56.8 Å². The van der Waals surface area contributed by atoms with Crippen LogP contribution in [-0.4, -0.2) is 57.9 Å². The molecule has 0 radical (unpaired) electrons. The van der Waals surface area contributed by atoms with Crippen LogP contribution in [0.25, 0.3) is 0 Å². The fourth-order valence-corrected chi connectivity index (χ4v) is 3.71. The van der Waals surface area contributed by atoms with Crippen molar-refractivity contribution >= 4 is 5.97 Å². The fourth-order valence-electron chi connectivity index (χ4n) is 3.71. The predicted molar refractivity (Wildman–Crippen MR) is 121 cm³/mol. The smallest absolute Gasteiger partial charge is 0.303 e. The third-order valence-electron chi connectivity index (χ3n) is 5.83. The molecule has 1 aromatic rings. The van der Waals surface area contributed by atoms with Crippen LogP contribution < -0.4 is 9.47 Å². The molecule has 1 aliphatic carbocycles. The molecule has 0 aromatic heterocycles. The quantitative estimate of drug-likeness (QED) is 0.288. The summed E-state index contributed by atoms with van der Waals surface area (Å²) in [6.07, 6.45) is 7.08. The molecule has 2 rings (SSSR count). The first-order chi connectivity index (χ1) is 15.3. The maximum absolute atomic E-state index is 10.9. The molecule has 4 N–H and O–H groups in total. The first-order valence-electron chi connectivity index (χ1n) is 10.9. The van der Waals surface area contributed by atoms with Gasteiger partial charge in [0.25, 0.3) is 0 Å². The lowest BCUT2D eigenvalue weighted by molar-refractivity contribution is -0.136. The standard InChI is InChI=1S/C25H34O7/c1-3-25(30,17-32-19-12-10-18(31-2)11-13-19)15-14-21-20(22(26)16-23(21)27)8-6-4-5-7-9-24(28)29/h5-6,10-15,20-23,26-27,30H,3,7-9,16-17H2,1-2H3,(H,28,29)/t4?,20-,21-,22+,23-,25?/m1/s1. The molecule has 7 nitrogen and oxygen atoms in total. The molecule has 0 heterocycles. The molecular weight excluding hydrogens is 412 g/mol. The summed E-state index contributed by atoms with van der Waals surface area (Å²) in [5.41, 5.74) is 1.73. The molecule has 5 atom stereocenters. The highest BCUT2D eigenvalue weighted by molar-refractivity contribution is 5.66. The Labute approximate surface area is 189 Å². The second-order valence-corrected chi connectivity index (χ2v) is 8.14. The number of carboxylic acid groups (broad SMARTS) is 1. The lowest BCUT2D eigenvalue weighted by Crippen LogP contribution is -2.33. The van der Waals surface area contributed by atoms with Gasteiger partial charge < -0.3 is 29.9 Å². The Hall–Kier alpha value is -2.57. The SMILES string of the molecule is CCC(O)(C=C[C@@H]1[C@@H](CC=C=CCCC(=O)O)[C@@H](O)C[C@H]1O)COc1ccc(OC)cc1. The van der Waals surface area contributed by atoms with Crippen LogP contribution in [0.15, 0.2) is 54.3 Å². The number of hydrogen-bond donors (Lipinski definition) is 4. The third-order valence-corrected chi connectivity index (χ3v) is 5.83. The van der Waals surface area contributed by atoms with E-state index in [4.69, 9.17) is 14.6 Å². The zero-order chi connectivity index (χ0) is 23.6. The van der Waals surface area contributed by atoms with Crippen LogP contribution >= 0.6 is 0 Å². The van der Waals surface area contributed by atoms with Crippen molar-refractivity contribution < 1.29 is 34.7 Å². The summed E-state index contributed by atoms with van der Waals surface area (Å²) in [7, 11) is 1.59. The number of carbonyl (C=O) groups is 1. The number of ether oxygens (including phenoxy) is 2. The Balaban J connectivity index is 2.00. The van der Waals surface area contributed by atoms with E-state index < -0.39 is 23.8 Å². The first kappa shape index (κ1) is 25.7. The Morgan fingerprint density at radius 1 is 1.19 bits per heavy atom. The molecule has 1 aliphatic rings. The van der Waals surface area contributed by atoms with Gasteiger partial charge in [0, 0.05) is 18.8 Å². The van der Waals surface area contributed by atoms with Gasteiger partial charge in [0.05, 0.1) is 19.3 Å². The predicted octanol–water partition coefficient (Wildman–Crippen LogP) is 3.10. The van der Waals surface area contributed by atoms with E-state index in [-0.39, 0.29) is 31.3 Å². The summed E-state index contributed by atoms with van der Waals surface area (Å²) in [5, 5.41) is 40.4. The van der Waals surface area contributed by atoms with Crippen molar-refractivity contribution in [2.24, 2.45) is 11.8 Å². The van der Waals surface area contributed by atoms with Crippen molar-refractivity contribution in [1.29, 1.82) is 0 Å². The summed E-state index contributed by atoms with van der Waals surface area (Å²) >= 11 is 0. The molecule has 7 heteroatoms. The van der Waals surface area contributed by atoms with E-state index in [2.05, 4.69) is 5.73 Å². The van der Waals surface area contributed by atoms with Gasteiger partial charge >= 0.3 is 5.97 Å². The van der Waals surface area contributed by atoms with Gasteiger partial charge in [0.15, 0.2) is 0 Å². The van der Waals surface area contributed by atoms with Crippen LogP contribution in [0.2, 0.25) is 0 Å². The van der Waals surface area contributed by atoms with E-state index in [1.807, 2.05) is 6.92 Å². The maximum Gasteiger partial charge on any atom is 0.303 e. The number of benzene rings is 1. The zero-order valence-corrected chi connectivity index (χ0v) is 18.7. The molecule has 0 spiro atoms. The molecule has 1 aromatic carbocycles. The third kappa shape index (κ3) is 7.84. The van der Waals surface area contributed by atoms with Gasteiger partial charge in [0.1, 0.15) is 23.7 Å². The van der Waals surface area contributed by atoms with E-state index in [0.29, 0.717) is 30.8 Å². The monoisotopic (exact) mass is 446 g/mol. The molecule has 32 heavy (non-hydrogen) atoms. The topological polar surface area (TPSA) is 116 Å². The minimum absolute atomic E-state index is 0.0468. The van der Waals surface area contributed by atoms with Crippen molar-refractivity contribution in [2.75, 3.05) is 13.7 Å². The van der Waals surface area contributed by atoms with E-state index in [9.17, 15) is 20.1 Å². The first-order valence-corrected chi connectivity index (χ1v) is 10.9. The molecule has 1 unspecified atom stereocenters. The van der Waals surface area contributed by atoms with Gasteiger partial charge in [0.2, 0.25) is 0 Å². The Bertz CT molecular complexity index is 810. The lowest BCUT2D eigenvalue weighted by atomic mass is 9.88. The summed E-state index contributed by atoms with van der Waals surface area (Å²) in [4.78, 5) is 10.5. The average Bonchev–Trinajstić information content (AvgIpc) is 3.05. The van der Waals surface area contributed by atoms with Crippen LogP contribution in [-0.2, 0) is 4.79 Å². The van der Waals surface area contributed by atoms with Crippen LogP contribution in [0, 0.1) is 11.8 Å². The van der Waals surface area contributed by atoms with Gasteiger partial charge in [-0.1, -0.05) is 19.1 Å². The minimum atomic E-state index is -1.22. The van der Waals surface area contributed by atoms with Crippen molar-refractivity contribution in [3.63, 3.8) is 0 Å². The van der Waals surface area contributed by atoms with E-state index in [1.165, 1.54) is 0 Å². The van der Waals surface area contributed by atoms with Crippen LogP contribution in [0.1, 0.15) is 39.0 Å². The second kappa shape index (κ2) is 12.5. The van der Waals surface area contributed by atoms with Gasteiger partial charge in [-0.05, 0) is 61.6 Å². The summed E-state index contributed by atoms with van der Waals surface area (Å²) in [6.45, 7) is 1.90. The molecule has 0 saturated heterocycles. The Morgan fingerprint density at radius 3 is 2.50 bits per heavy atom. The van der Waals surface area contributed by atoms with Crippen LogP contribution in [0.4, 0.5) is 0 Å². The normalized spacial score (nSPS) is 24.5. The van der Waals surface area contributed by atoms with Gasteiger partial charge in [-0.2, -0.15) is 0 Å². The molecule has 176 valence electrons. The van der Waals surface area contributed by atoms with Crippen molar-refractivity contribution in [3.05, 3.63) is 54.3 Å². The summed E-state index contributed by atoms with van der Waals surface area (Å²) in [6, 6.07) is 7.09. The summed E-state index contributed by atoms with van der Waals surface area (Å²) < 4.78 is 10.9. The van der Waals surface area contributed by atoms with E-state index >= 15 is 0 Å². The number of aliphatic hydroxyl groups excluding tert-OH is 2. The van der Waals surface area contributed by atoms with Crippen LogP contribution in [0.3, 0.4) is 0 Å². The largest absolute Gasteiger partial charge is 0.497 e. The highest BCUT2D eigenvalue weighted by Gasteiger charge is 2.40. The Morgan fingerprint density at radius 2 is 1.88 bits per heavy atom. The van der Waals surface area contributed by atoms with Crippen molar-refractivity contribution in [1.82, 2.24) is 0 Å². The maximum atomic E-state index is 10.9. The van der Waals surface area contributed by atoms with E-state index in [0.717, 1.165) is 0 Å². The Kier molecular flexibility index (Phi) is 10.0. The number of aliphatic carboxylic acids is 1. The number of aliphatic hydroxyl groups is 3. The number of methoxy groups -OCH3 is 1. The van der Waals surface area contributed by atoms with Gasteiger partial charge in [-0.3, -0.25) is 4.79 Å². The number of carboxylic acids is 1. The number of rotatable bonds is 12. The lowest BCUT2D eigenvalue weighted by Gasteiger charge is -2.25. The van der Waals surface area contributed by atoms with Gasteiger partial charge in [-0.15, -0.1) is 5.73 Å². The molecule has 1 fully saturated rings. The van der Waals surface area contributed by atoms with E-state index in [1.54, 1.807) is 55.7 Å². The highest BCUT2D eigenvalue weighted by atomic mass is 16.5. The van der Waals surface area contributed by atoms with Crippen LogP contribution in [0.5, 0.6) is 11.5 Å². The fraction of sp³-hybridized carbons (Fsp3) is 0.520. The van der Waals surface area contributed by atoms with Gasteiger partial charge in [-0.25, -0.2) is 0 Å². The molecule has 0 aliphatic heterocycles. The molecule has 0 bridgehead atoms. The molecule has 1 saturated carbocycles. The zero-order valence-electron chi connectivity index (χ0n) is 18.7. The number of hydrogen-bond acceptors (Lipinski definition) is 6. The highest BCUT2D eigenvalue weighted by Crippen LogP contribution is 2.36. The molecule has 0 amide bonds. The molecular formula is C25H34O7. The average molecular weight is 447 g/mol. The van der Waals surface area contributed by atoms with Crippen molar-refractivity contribution in [3.8, 4) is 11.5 Å². The summed E-state index contributed by atoms with van der Waals surface area (Å²) in [5.74, 6) is -0.0676. The second-order valence-electron chi connectivity index (χ2n) is 8.14.